The third kappa shape index (κ3) is 4.99. The first-order chi connectivity index (χ1) is 13.6. The van der Waals surface area contributed by atoms with Gasteiger partial charge in [-0.3, -0.25) is 14.2 Å². The number of benzene rings is 2. The lowest BCUT2D eigenvalue weighted by atomic mass is 10.2. The van der Waals surface area contributed by atoms with Crippen LogP contribution in [0.5, 0.6) is 0 Å². The van der Waals surface area contributed by atoms with Gasteiger partial charge in [-0.1, -0.05) is 54.2 Å². The normalized spacial score (nSPS) is 12.1. The third-order valence-corrected chi connectivity index (χ3v) is 5.14. The number of carbonyl (C=O) groups excluding carboxylic acids is 1. The summed E-state index contributed by atoms with van der Waals surface area (Å²) < 4.78 is 6.67. The molecule has 6 nitrogen and oxygen atoms in total. The summed E-state index contributed by atoms with van der Waals surface area (Å²) in [5.41, 5.74) is 1.53. The number of hydrogen-bond acceptors (Lipinski definition) is 5. The van der Waals surface area contributed by atoms with Crippen molar-refractivity contribution in [2.45, 2.75) is 24.7 Å². The molecule has 28 heavy (non-hydrogen) atoms. The zero-order valence-electron chi connectivity index (χ0n) is 15.9. The maximum Gasteiger partial charge on any atom is 0.262 e. The Morgan fingerprint density at radius 1 is 1.18 bits per heavy atom. The highest BCUT2D eigenvalue weighted by Gasteiger charge is 2.14. The van der Waals surface area contributed by atoms with Crippen LogP contribution < -0.4 is 10.9 Å². The first kappa shape index (κ1) is 20.1. The lowest BCUT2D eigenvalue weighted by Crippen LogP contribution is -2.36. The average molecular weight is 398 g/mol. The molecule has 0 fully saturated rings. The Hall–Kier alpha value is -2.64. The van der Waals surface area contributed by atoms with E-state index in [1.807, 2.05) is 55.5 Å². The summed E-state index contributed by atoms with van der Waals surface area (Å²) in [6, 6.07) is 16.9. The van der Waals surface area contributed by atoms with Crippen molar-refractivity contribution in [2.24, 2.45) is 0 Å². The van der Waals surface area contributed by atoms with Gasteiger partial charge >= 0.3 is 0 Å². The highest BCUT2D eigenvalue weighted by molar-refractivity contribution is 7.99. The quantitative estimate of drug-likeness (QED) is 0.467. The summed E-state index contributed by atoms with van der Waals surface area (Å²) in [5, 5.41) is 3.97. The maximum atomic E-state index is 13.1. The van der Waals surface area contributed by atoms with Gasteiger partial charge in [-0.2, -0.15) is 0 Å². The Morgan fingerprint density at radius 2 is 1.89 bits per heavy atom. The molecule has 1 amide bonds. The number of rotatable bonds is 8. The molecule has 3 rings (SSSR count). The molecule has 0 saturated heterocycles. The molecule has 3 aromatic rings. The molecule has 7 heteroatoms. The second-order valence-electron chi connectivity index (χ2n) is 6.50. The molecule has 0 saturated carbocycles. The van der Waals surface area contributed by atoms with Crippen LogP contribution in [0, 0.1) is 0 Å². The van der Waals surface area contributed by atoms with Crippen LogP contribution in [0.3, 0.4) is 0 Å². The summed E-state index contributed by atoms with van der Waals surface area (Å²) in [6.45, 7) is 2.73. The van der Waals surface area contributed by atoms with Gasteiger partial charge in [0.05, 0.1) is 29.8 Å². The number of methoxy groups -OCH3 is 1. The van der Waals surface area contributed by atoms with Crippen LogP contribution in [0.1, 0.15) is 12.5 Å². The van der Waals surface area contributed by atoms with E-state index in [-0.39, 0.29) is 23.3 Å². The molecule has 0 aliphatic rings. The van der Waals surface area contributed by atoms with E-state index in [1.165, 1.54) is 11.8 Å². The van der Waals surface area contributed by atoms with Crippen molar-refractivity contribution in [2.75, 3.05) is 19.5 Å². The van der Waals surface area contributed by atoms with Gasteiger partial charge in [0.15, 0.2) is 5.16 Å². The molecule has 1 atom stereocenters. The second kappa shape index (κ2) is 9.52. The summed E-state index contributed by atoms with van der Waals surface area (Å²) >= 11 is 1.26. The monoisotopic (exact) mass is 397 g/mol. The van der Waals surface area contributed by atoms with E-state index >= 15 is 0 Å². The molecule has 0 aliphatic carbocycles. The number of aromatic nitrogens is 2. The topological polar surface area (TPSA) is 73.2 Å². The minimum atomic E-state index is -0.122. The molecule has 0 aliphatic heterocycles. The van der Waals surface area contributed by atoms with Crippen LogP contribution in [0.15, 0.2) is 64.5 Å². The Morgan fingerprint density at radius 3 is 2.64 bits per heavy atom. The lowest BCUT2D eigenvalue weighted by Gasteiger charge is -2.15. The molecule has 1 unspecified atom stereocenters. The second-order valence-corrected chi connectivity index (χ2v) is 7.44. The predicted molar refractivity (Wildman–Crippen MR) is 112 cm³/mol. The molecule has 2 aromatic carbocycles. The highest BCUT2D eigenvalue weighted by atomic mass is 32.2. The van der Waals surface area contributed by atoms with Crippen molar-refractivity contribution in [3.05, 3.63) is 70.5 Å². The van der Waals surface area contributed by atoms with Crippen molar-refractivity contribution in [1.82, 2.24) is 14.9 Å². The Balaban J connectivity index is 1.88. The molecule has 146 valence electrons. The number of amides is 1. The van der Waals surface area contributed by atoms with Gasteiger partial charge in [0.2, 0.25) is 5.91 Å². The molecule has 0 radical (unpaired) electrons. The van der Waals surface area contributed by atoms with E-state index in [0.717, 1.165) is 5.56 Å². The number of nitrogens with one attached hydrogen (secondary N) is 1. The van der Waals surface area contributed by atoms with Gasteiger partial charge in [0.1, 0.15) is 0 Å². The molecule has 0 spiro atoms. The number of para-hydroxylation sites is 1. The van der Waals surface area contributed by atoms with E-state index < -0.39 is 0 Å². The fraction of sp³-hybridized carbons (Fsp3) is 0.286. The molecule has 1 N–H and O–H groups in total. The number of nitrogens with zero attached hydrogens (tertiary/aromatic N) is 2. The minimum absolute atomic E-state index is 0.0748. The van der Waals surface area contributed by atoms with Crippen LogP contribution in [0.4, 0.5) is 0 Å². The number of hydrogen-bond donors (Lipinski definition) is 1. The highest BCUT2D eigenvalue weighted by Crippen LogP contribution is 2.19. The summed E-state index contributed by atoms with van der Waals surface area (Å²) in [5.74, 6) is 0.0522. The van der Waals surface area contributed by atoms with Crippen molar-refractivity contribution in [3.63, 3.8) is 0 Å². The molecular weight excluding hydrogens is 374 g/mol. The van der Waals surface area contributed by atoms with Crippen molar-refractivity contribution in [1.29, 1.82) is 0 Å². The summed E-state index contributed by atoms with van der Waals surface area (Å²) in [7, 11) is 1.60. The van der Waals surface area contributed by atoms with Gasteiger partial charge in [-0.25, -0.2) is 4.98 Å². The first-order valence-corrected chi connectivity index (χ1v) is 10.0. The van der Waals surface area contributed by atoms with E-state index in [4.69, 9.17) is 4.74 Å². The van der Waals surface area contributed by atoms with E-state index in [0.29, 0.717) is 29.2 Å². The number of fused-ring (bicyclic) bond motifs is 1. The average Bonchev–Trinajstić information content (AvgIpc) is 2.70. The standard InChI is InChI=1S/C21H23N3O3S/c1-15(13-27-2)22-19(25)14-28-21-23-18-11-7-6-10-17(18)20(26)24(21)12-16-8-4-3-5-9-16/h3-11,15H,12-14H2,1-2H3,(H,22,25). The Labute approximate surface area is 167 Å². The van der Waals surface area contributed by atoms with Crippen molar-refractivity contribution < 1.29 is 9.53 Å². The summed E-state index contributed by atoms with van der Waals surface area (Å²) in [4.78, 5) is 29.9. The van der Waals surface area contributed by atoms with Crippen molar-refractivity contribution in [3.8, 4) is 0 Å². The zero-order chi connectivity index (χ0) is 19.9. The Bertz CT molecular complexity index is 1000. The van der Waals surface area contributed by atoms with Gasteiger partial charge in [0, 0.05) is 13.2 Å². The van der Waals surface area contributed by atoms with E-state index in [2.05, 4.69) is 10.3 Å². The van der Waals surface area contributed by atoms with Crippen LogP contribution in [0.25, 0.3) is 10.9 Å². The van der Waals surface area contributed by atoms with Gasteiger partial charge in [-0.15, -0.1) is 0 Å². The number of thioether (sulfide) groups is 1. The Kier molecular flexibility index (Phi) is 6.84. The predicted octanol–water partition coefficient (Wildman–Crippen LogP) is 2.69. The van der Waals surface area contributed by atoms with Crippen LogP contribution in [-0.2, 0) is 16.1 Å². The molecular formula is C21H23N3O3S. The van der Waals surface area contributed by atoms with Crippen LogP contribution in [-0.4, -0.2) is 41.0 Å². The van der Waals surface area contributed by atoms with Gasteiger partial charge in [0.25, 0.3) is 5.56 Å². The van der Waals surface area contributed by atoms with E-state index in [9.17, 15) is 9.59 Å². The molecule has 1 heterocycles. The van der Waals surface area contributed by atoms with Crippen molar-refractivity contribution >= 4 is 28.6 Å². The van der Waals surface area contributed by atoms with E-state index in [1.54, 1.807) is 17.7 Å². The third-order valence-electron chi connectivity index (χ3n) is 4.17. The molecule has 1 aromatic heterocycles. The SMILES string of the molecule is COCC(C)NC(=O)CSc1nc2ccccc2c(=O)n1Cc1ccccc1. The van der Waals surface area contributed by atoms with Gasteiger partial charge < -0.3 is 10.1 Å². The van der Waals surface area contributed by atoms with Gasteiger partial charge in [-0.05, 0) is 24.6 Å². The smallest absolute Gasteiger partial charge is 0.262 e. The first-order valence-electron chi connectivity index (χ1n) is 9.03. The molecule has 0 bridgehead atoms. The summed E-state index contributed by atoms with van der Waals surface area (Å²) in [6.07, 6.45) is 0. The number of carbonyl (C=O) groups is 1. The largest absolute Gasteiger partial charge is 0.383 e. The number of ether oxygens (including phenoxy) is 1. The van der Waals surface area contributed by atoms with Crippen LogP contribution >= 0.6 is 11.8 Å². The maximum absolute atomic E-state index is 13.1. The van der Waals surface area contributed by atoms with Crippen LogP contribution in [0.2, 0.25) is 0 Å². The minimum Gasteiger partial charge on any atom is -0.383 e. The fourth-order valence-electron chi connectivity index (χ4n) is 2.90. The zero-order valence-corrected chi connectivity index (χ0v) is 16.7. The lowest BCUT2D eigenvalue weighted by molar-refractivity contribution is -0.119. The fourth-order valence-corrected chi connectivity index (χ4v) is 3.71.